The van der Waals surface area contributed by atoms with Gasteiger partial charge < -0.3 is 20.1 Å². The summed E-state index contributed by atoms with van der Waals surface area (Å²) in [5.41, 5.74) is 0.855. The molecule has 2 aromatic rings. The fraction of sp³-hybridized carbons (Fsp3) is 0.286. The van der Waals surface area contributed by atoms with Crippen molar-refractivity contribution in [2.75, 3.05) is 31.9 Å². The van der Waals surface area contributed by atoms with E-state index in [4.69, 9.17) is 21.1 Å². The van der Waals surface area contributed by atoms with Crippen molar-refractivity contribution >= 4 is 23.2 Å². The molecular weight excluding hydrogens is 292 g/mol. The van der Waals surface area contributed by atoms with Gasteiger partial charge >= 0.3 is 0 Å². The Kier molecular flexibility index (Phi) is 5.05. The van der Waals surface area contributed by atoms with E-state index in [0.29, 0.717) is 29.0 Å². The molecule has 6 nitrogen and oxygen atoms in total. The second kappa shape index (κ2) is 6.99. The largest absolute Gasteiger partial charge is 0.496 e. The molecule has 112 valence electrons. The first kappa shape index (κ1) is 15.2. The van der Waals surface area contributed by atoms with Crippen LogP contribution >= 0.6 is 11.6 Å². The lowest BCUT2D eigenvalue weighted by Crippen LogP contribution is -2.07. The Bertz CT molecular complexity index is 622. The minimum Gasteiger partial charge on any atom is -0.496 e. The number of ether oxygens (including phenoxy) is 2. The predicted octanol–water partition coefficient (Wildman–Crippen LogP) is 2.80. The van der Waals surface area contributed by atoms with Gasteiger partial charge in [0.1, 0.15) is 12.1 Å². The van der Waals surface area contributed by atoms with Gasteiger partial charge in [-0.1, -0.05) is 17.7 Å². The van der Waals surface area contributed by atoms with Gasteiger partial charge in [-0.3, -0.25) is 0 Å². The molecule has 0 unspecified atom stereocenters. The van der Waals surface area contributed by atoms with Crippen LogP contribution in [0.5, 0.6) is 11.5 Å². The summed E-state index contributed by atoms with van der Waals surface area (Å²) in [5, 5.41) is 6.77. The van der Waals surface area contributed by atoms with Gasteiger partial charge in [-0.15, -0.1) is 0 Å². The van der Waals surface area contributed by atoms with E-state index in [-0.39, 0.29) is 0 Å². The Labute approximate surface area is 128 Å². The summed E-state index contributed by atoms with van der Waals surface area (Å²) < 4.78 is 10.6. The number of rotatable bonds is 6. The van der Waals surface area contributed by atoms with Crippen LogP contribution in [-0.2, 0) is 6.54 Å². The van der Waals surface area contributed by atoms with Gasteiger partial charge in [-0.25, -0.2) is 9.97 Å². The van der Waals surface area contributed by atoms with Crippen molar-refractivity contribution in [3.63, 3.8) is 0 Å². The van der Waals surface area contributed by atoms with Crippen LogP contribution in [0.1, 0.15) is 5.56 Å². The minimum absolute atomic E-state index is 0.458. The lowest BCUT2D eigenvalue weighted by atomic mass is 10.2. The van der Waals surface area contributed by atoms with Gasteiger partial charge in [0.25, 0.3) is 0 Å². The number of hydrogen-bond donors (Lipinski definition) is 2. The first-order valence-electron chi connectivity index (χ1n) is 6.33. The number of benzene rings is 1. The van der Waals surface area contributed by atoms with Crippen LogP contribution in [0, 0.1) is 0 Å². The molecule has 0 aliphatic rings. The average Bonchev–Trinajstić information content (AvgIpc) is 2.52. The normalized spacial score (nSPS) is 10.1. The van der Waals surface area contributed by atoms with E-state index in [1.807, 2.05) is 18.2 Å². The number of nitrogens with one attached hydrogen (secondary N) is 2. The number of aromatic nitrogens is 2. The van der Waals surface area contributed by atoms with Crippen LogP contribution in [-0.4, -0.2) is 31.2 Å². The van der Waals surface area contributed by atoms with E-state index in [2.05, 4.69) is 20.6 Å². The molecule has 7 heteroatoms. The van der Waals surface area contributed by atoms with Crippen molar-refractivity contribution in [1.29, 1.82) is 0 Å². The molecule has 1 aromatic carbocycles. The molecular formula is C14H17ClN4O2. The molecule has 0 atom stereocenters. The molecule has 1 aromatic heterocycles. The third-order valence-corrected chi connectivity index (χ3v) is 3.33. The molecule has 0 saturated carbocycles. The summed E-state index contributed by atoms with van der Waals surface area (Å²) in [5.74, 6) is 2.46. The van der Waals surface area contributed by atoms with E-state index in [9.17, 15) is 0 Å². The fourth-order valence-electron chi connectivity index (χ4n) is 1.94. The highest BCUT2D eigenvalue weighted by molar-refractivity contribution is 6.31. The van der Waals surface area contributed by atoms with Gasteiger partial charge in [0.05, 0.1) is 14.2 Å². The molecule has 0 aliphatic carbocycles. The zero-order valence-electron chi connectivity index (χ0n) is 12.1. The highest BCUT2D eigenvalue weighted by Crippen LogP contribution is 2.31. The van der Waals surface area contributed by atoms with Crippen LogP contribution in [0.15, 0.2) is 24.5 Å². The fourth-order valence-corrected chi connectivity index (χ4v) is 2.18. The lowest BCUT2D eigenvalue weighted by molar-refractivity contribution is 0.409. The molecule has 21 heavy (non-hydrogen) atoms. The zero-order valence-corrected chi connectivity index (χ0v) is 12.9. The molecule has 0 fully saturated rings. The third-order valence-electron chi connectivity index (χ3n) is 2.97. The van der Waals surface area contributed by atoms with E-state index in [1.165, 1.54) is 6.33 Å². The maximum atomic E-state index is 6.21. The maximum Gasteiger partial charge on any atom is 0.204 e. The first-order chi connectivity index (χ1) is 10.2. The van der Waals surface area contributed by atoms with Gasteiger partial charge in [0.2, 0.25) is 5.75 Å². The van der Waals surface area contributed by atoms with Crippen LogP contribution in [0.2, 0.25) is 5.02 Å². The van der Waals surface area contributed by atoms with Gasteiger partial charge in [0.15, 0.2) is 11.6 Å². The number of methoxy groups -OCH3 is 2. The monoisotopic (exact) mass is 308 g/mol. The molecule has 0 aliphatic heterocycles. The molecule has 0 spiro atoms. The third kappa shape index (κ3) is 3.28. The molecule has 2 rings (SSSR count). The van der Waals surface area contributed by atoms with E-state index in [1.54, 1.807) is 21.3 Å². The SMILES string of the molecule is CNc1ncnc(NCc2c(Cl)cccc2OC)c1OC. The number of nitrogens with zero attached hydrogens (tertiary/aromatic N) is 2. The van der Waals surface area contributed by atoms with Crippen molar-refractivity contribution in [1.82, 2.24) is 9.97 Å². The first-order valence-corrected chi connectivity index (χ1v) is 6.71. The molecule has 2 N–H and O–H groups in total. The highest BCUT2D eigenvalue weighted by Gasteiger charge is 2.13. The molecule has 0 radical (unpaired) electrons. The second-order valence-electron chi connectivity index (χ2n) is 4.13. The summed E-state index contributed by atoms with van der Waals surface area (Å²) in [6.07, 6.45) is 1.46. The van der Waals surface area contributed by atoms with Crippen molar-refractivity contribution < 1.29 is 9.47 Å². The van der Waals surface area contributed by atoms with Crippen molar-refractivity contribution in [2.45, 2.75) is 6.54 Å². The number of halogens is 1. The van der Waals surface area contributed by atoms with Crippen LogP contribution in [0.25, 0.3) is 0 Å². The standard InChI is InChI=1S/C14H17ClN4O2/c1-16-13-12(21-3)14(19-8-18-13)17-7-9-10(15)5-4-6-11(9)20-2/h4-6,8H,7H2,1-3H3,(H2,16,17,18,19). The topological polar surface area (TPSA) is 68.3 Å². The Balaban J connectivity index is 2.25. The summed E-state index contributed by atoms with van der Waals surface area (Å²) in [4.78, 5) is 8.28. The van der Waals surface area contributed by atoms with Crippen LogP contribution in [0.4, 0.5) is 11.6 Å². The highest BCUT2D eigenvalue weighted by atomic mass is 35.5. The Morgan fingerprint density at radius 2 is 1.90 bits per heavy atom. The quantitative estimate of drug-likeness (QED) is 0.855. The van der Waals surface area contributed by atoms with Crippen molar-refractivity contribution in [2.24, 2.45) is 0 Å². The van der Waals surface area contributed by atoms with Crippen LogP contribution < -0.4 is 20.1 Å². The van der Waals surface area contributed by atoms with Gasteiger partial charge in [-0.2, -0.15) is 0 Å². The predicted molar refractivity (Wildman–Crippen MR) is 83.5 cm³/mol. The smallest absolute Gasteiger partial charge is 0.204 e. The minimum atomic E-state index is 0.458. The lowest BCUT2D eigenvalue weighted by Gasteiger charge is -2.14. The summed E-state index contributed by atoms with van der Waals surface area (Å²) in [6, 6.07) is 5.52. The zero-order chi connectivity index (χ0) is 15.2. The Hall–Kier alpha value is -2.21. The van der Waals surface area contributed by atoms with Crippen molar-refractivity contribution in [3.05, 3.63) is 35.1 Å². The maximum absolute atomic E-state index is 6.21. The van der Waals surface area contributed by atoms with Crippen molar-refractivity contribution in [3.8, 4) is 11.5 Å². The van der Waals surface area contributed by atoms with E-state index >= 15 is 0 Å². The summed E-state index contributed by atoms with van der Waals surface area (Å²) in [6.45, 7) is 0.458. The van der Waals surface area contributed by atoms with Gasteiger partial charge in [-0.05, 0) is 12.1 Å². The molecule has 1 heterocycles. The Morgan fingerprint density at radius 1 is 1.14 bits per heavy atom. The molecule has 0 bridgehead atoms. The van der Waals surface area contributed by atoms with E-state index in [0.717, 1.165) is 11.3 Å². The number of hydrogen-bond acceptors (Lipinski definition) is 6. The van der Waals surface area contributed by atoms with Gasteiger partial charge in [0, 0.05) is 24.2 Å². The Morgan fingerprint density at radius 3 is 2.57 bits per heavy atom. The summed E-state index contributed by atoms with van der Waals surface area (Å²) >= 11 is 6.21. The molecule has 0 saturated heterocycles. The summed E-state index contributed by atoms with van der Waals surface area (Å²) in [7, 11) is 4.95. The van der Waals surface area contributed by atoms with E-state index < -0.39 is 0 Å². The average molecular weight is 309 g/mol. The van der Waals surface area contributed by atoms with Crippen LogP contribution in [0.3, 0.4) is 0 Å². The second-order valence-corrected chi connectivity index (χ2v) is 4.54. The number of anilines is 2. The molecule has 0 amide bonds.